The van der Waals surface area contributed by atoms with Gasteiger partial charge in [-0.15, -0.1) is 5.10 Å². The summed E-state index contributed by atoms with van der Waals surface area (Å²) in [5.41, 5.74) is 4.12. The van der Waals surface area contributed by atoms with Gasteiger partial charge in [-0.2, -0.15) is 5.10 Å². The summed E-state index contributed by atoms with van der Waals surface area (Å²) < 4.78 is 13.1. The zero-order valence-electron chi connectivity index (χ0n) is 11.2. The van der Waals surface area contributed by atoms with Gasteiger partial charge in [-0.05, 0) is 42.3 Å². The third-order valence-corrected chi connectivity index (χ3v) is 3.47. The third-order valence-electron chi connectivity index (χ3n) is 3.21. The number of aromatic nitrogens is 3. The van der Waals surface area contributed by atoms with Gasteiger partial charge < -0.3 is 0 Å². The maximum atomic E-state index is 13.1. The fourth-order valence-electron chi connectivity index (χ4n) is 2.25. The predicted octanol–water partition coefficient (Wildman–Crippen LogP) is 4.31. The van der Waals surface area contributed by atoms with E-state index in [0.717, 1.165) is 27.9 Å². The number of benzene rings is 1. The second kappa shape index (κ2) is 5.58. The Balaban J connectivity index is 2.29. The first kappa shape index (κ1) is 13.6. The maximum absolute atomic E-state index is 13.1. The molecule has 2 aromatic heterocycles. The molecule has 0 saturated heterocycles. The summed E-state index contributed by atoms with van der Waals surface area (Å²) in [5.74, 6) is -0.293. The molecule has 0 aliphatic carbocycles. The van der Waals surface area contributed by atoms with Gasteiger partial charge >= 0.3 is 0 Å². The maximum Gasteiger partial charge on any atom is 0.160 e. The number of aryl methyl sites for hydroxylation is 1. The van der Waals surface area contributed by atoms with Crippen LogP contribution in [-0.4, -0.2) is 15.2 Å². The fourth-order valence-corrected chi connectivity index (χ4v) is 2.50. The molecule has 0 unspecified atom stereocenters. The van der Waals surface area contributed by atoms with Crippen molar-refractivity contribution in [2.45, 2.75) is 6.92 Å². The van der Waals surface area contributed by atoms with E-state index in [2.05, 4.69) is 15.2 Å². The highest BCUT2D eigenvalue weighted by molar-refractivity contribution is 6.32. The van der Waals surface area contributed by atoms with Gasteiger partial charge in [0.2, 0.25) is 0 Å². The summed E-state index contributed by atoms with van der Waals surface area (Å²) in [6.07, 6.45) is 3.41. The Labute approximate surface area is 126 Å². The molecule has 0 saturated carbocycles. The molecule has 3 aromatic rings. The lowest BCUT2D eigenvalue weighted by Crippen LogP contribution is -1.97. The van der Waals surface area contributed by atoms with Crippen LogP contribution in [0, 0.1) is 12.7 Å². The summed E-state index contributed by atoms with van der Waals surface area (Å²) in [6, 6.07) is 9.93. The Morgan fingerprint density at radius 3 is 2.14 bits per heavy atom. The lowest BCUT2D eigenvalue weighted by atomic mass is 9.96. The molecule has 21 heavy (non-hydrogen) atoms. The van der Waals surface area contributed by atoms with Crippen molar-refractivity contribution in [1.82, 2.24) is 15.2 Å². The molecule has 0 aliphatic rings. The average Bonchev–Trinajstić information content (AvgIpc) is 2.51. The van der Waals surface area contributed by atoms with Gasteiger partial charge in [0.05, 0.1) is 5.69 Å². The van der Waals surface area contributed by atoms with Crippen LogP contribution in [0.5, 0.6) is 0 Å². The van der Waals surface area contributed by atoms with Crippen LogP contribution in [0.1, 0.15) is 5.69 Å². The minimum absolute atomic E-state index is 0.291. The van der Waals surface area contributed by atoms with Crippen LogP contribution in [0.25, 0.3) is 22.3 Å². The highest BCUT2D eigenvalue weighted by atomic mass is 35.5. The van der Waals surface area contributed by atoms with Crippen molar-refractivity contribution in [3.05, 3.63) is 65.5 Å². The quantitative estimate of drug-likeness (QED) is 0.708. The second-order valence-electron chi connectivity index (χ2n) is 4.57. The molecule has 0 bridgehead atoms. The topological polar surface area (TPSA) is 38.7 Å². The first-order valence-corrected chi connectivity index (χ1v) is 6.73. The van der Waals surface area contributed by atoms with E-state index < -0.39 is 0 Å². The summed E-state index contributed by atoms with van der Waals surface area (Å²) in [7, 11) is 0. The number of hydrogen-bond donors (Lipinski definition) is 0. The standard InChI is InChI=1S/C16H11ClFN3/c1-10-14(12-6-8-19-9-7-12)15(16(17)21-20-10)11-2-4-13(18)5-3-11/h2-9H,1H3. The largest absolute Gasteiger partial charge is 0.265 e. The molecule has 0 atom stereocenters. The zero-order chi connectivity index (χ0) is 14.8. The first-order valence-electron chi connectivity index (χ1n) is 6.36. The lowest BCUT2D eigenvalue weighted by Gasteiger charge is -2.13. The monoisotopic (exact) mass is 299 g/mol. The lowest BCUT2D eigenvalue weighted by molar-refractivity contribution is 0.628. The highest BCUT2D eigenvalue weighted by Gasteiger charge is 2.16. The van der Waals surface area contributed by atoms with Crippen LogP contribution >= 0.6 is 11.6 Å². The van der Waals surface area contributed by atoms with Gasteiger partial charge in [0, 0.05) is 23.5 Å². The van der Waals surface area contributed by atoms with E-state index in [-0.39, 0.29) is 5.82 Å². The molecular weight excluding hydrogens is 289 g/mol. The zero-order valence-corrected chi connectivity index (χ0v) is 12.0. The SMILES string of the molecule is Cc1nnc(Cl)c(-c2ccc(F)cc2)c1-c1ccncc1. The van der Waals surface area contributed by atoms with Crippen molar-refractivity contribution in [3.63, 3.8) is 0 Å². The van der Waals surface area contributed by atoms with Crippen molar-refractivity contribution in [2.75, 3.05) is 0 Å². The predicted molar refractivity (Wildman–Crippen MR) is 80.4 cm³/mol. The third kappa shape index (κ3) is 2.62. The molecule has 0 fully saturated rings. The van der Waals surface area contributed by atoms with Gasteiger partial charge in [0.25, 0.3) is 0 Å². The molecule has 2 heterocycles. The molecule has 3 nitrogen and oxygen atoms in total. The molecule has 5 heteroatoms. The molecule has 0 spiro atoms. The van der Waals surface area contributed by atoms with Gasteiger partial charge in [-0.1, -0.05) is 23.7 Å². The van der Waals surface area contributed by atoms with Crippen LogP contribution in [-0.2, 0) is 0 Å². The van der Waals surface area contributed by atoms with E-state index in [1.54, 1.807) is 24.5 Å². The van der Waals surface area contributed by atoms with Crippen molar-refractivity contribution in [1.29, 1.82) is 0 Å². The number of halogens is 2. The Kier molecular flexibility index (Phi) is 3.62. The van der Waals surface area contributed by atoms with E-state index in [1.165, 1.54) is 12.1 Å². The first-order chi connectivity index (χ1) is 10.2. The van der Waals surface area contributed by atoms with Crippen LogP contribution in [0.3, 0.4) is 0 Å². The fraction of sp³-hybridized carbons (Fsp3) is 0.0625. The second-order valence-corrected chi connectivity index (χ2v) is 4.93. The minimum Gasteiger partial charge on any atom is -0.265 e. The van der Waals surface area contributed by atoms with Crippen LogP contribution in [0.15, 0.2) is 48.8 Å². The van der Waals surface area contributed by atoms with Gasteiger partial charge in [0.15, 0.2) is 5.15 Å². The van der Waals surface area contributed by atoms with E-state index in [0.29, 0.717) is 5.15 Å². The smallest absolute Gasteiger partial charge is 0.160 e. The molecule has 104 valence electrons. The number of nitrogens with zero attached hydrogens (tertiary/aromatic N) is 3. The molecule has 0 radical (unpaired) electrons. The van der Waals surface area contributed by atoms with Gasteiger partial charge in [-0.3, -0.25) is 4.98 Å². The van der Waals surface area contributed by atoms with Crippen molar-refractivity contribution in [3.8, 4) is 22.3 Å². The summed E-state index contributed by atoms with van der Waals surface area (Å²) >= 11 is 6.24. The highest BCUT2D eigenvalue weighted by Crippen LogP contribution is 2.37. The van der Waals surface area contributed by atoms with Crippen LogP contribution in [0.2, 0.25) is 5.15 Å². The molecule has 0 amide bonds. The normalized spacial score (nSPS) is 10.6. The van der Waals surface area contributed by atoms with Gasteiger partial charge in [0.1, 0.15) is 5.82 Å². The Hall–Kier alpha value is -2.33. The summed E-state index contributed by atoms with van der Waals surface area (Å²) in [6.45, 7) is 1.87. The van der Waals surface area contributed by atoms with Crippen LogP contribution < -0.4 is 0 Å². The average molecular weight is 300 g/mol. The van der Waals surface area contributed by atoms with Gasteiger partial charge in [-0.25, -0.2) is 4.39 Å². The molecule has 0 aliphatic heterocycles. The molecule has 3 rings (SSSR count). The number of rotatable bonds is 2. The van der Waals surface area contributed by atoms with E-state index in [9.17, 15) is 4.39 Å². The summed E-state index contributed by atoms with van der Waals surface area (Å²) in [5, 5.41) is 8.34. The molecule has 1 aromatic carbocycles. The van der Waals surface area contributed by atoms with E-state index in [1.807, 2.05) is 19.1 Å². The van der Waals surface area contributed by atoms with Crippen molar-refractivity contribution >= 4 is 11.6 Å². The molecular formula is C16H11ClFN3. The molecule has 0 N–H and O–H groups in total. The Morgan fingerprint density at radius 1 is 0.857 bits per heavy atom. The summed E-state index contributed by atoms with van der Waals surface area (Å²) in [4.78, 5) is 4.02. The van der Waals surface area contributed by atoms with Crippen molar-refractivity contribution < 1.29 is 4.39 Å². The van der Waals surface area contributed by atoms with Crippen molar-refractivity contribution in [2.24, 2.45) is 0 Å². The Bertz CT molecular complexity index is 774. The van der Waals surface area contributed by atoms with E-state index in [4.69, 9.17) is 11.6 Å². The van der Waals surface area contributed by atoms with Crippen LogP contribution in [0.4, 0.5) is 4.39 Å². The minimum atomic E-state index is -0.293. The number of pyridine rings is 1. The van der Waals surface area contributed by atoms with E-state index >= 15 is 0 Å². The Morgan fingerprint density at radius 2 is 1.48 bits per heavy atom. The number of hydrogen-bond acceptors (Lipinski definition) is 3.